The number of ether oxygens (including phenoxy) is 1. The molecule has 0 saturated heterocycles. The molecule has 0 aromatic carbocycles. The van der Waals surface area contributed by atoms with E-state index in [1.165, 1.54) is 19.3 Å². The van der Waals surface area contributed by atoms with Gasteiger partial charge in [0.25, 0.3) is 0 Å². The molecular weight excluding hydrogens is 112 g/mol. The van der Waals surface area contributed by atoms with Gasteiger partial charge in [0.05, 0.1) is 6.10 Å². The first-order valence-electron chi connectivity index (χ1n) is 3.69. The molecular formula is C8H15O. The van der Waals surface area contributed by atoms with Gasteiger partial charge in [0, 0.05) is 7.11 Å². The highest BCUT2D eigenvalue weighted by molar-refractivity contribution is 4.73. The van der Waals surface area contributed by atoms with Gasteiger partial charge in [-0.2, -0.15) is 0 Å². The molecule has 9 heavy (non-hydrogen) atoms. The van der Waals surface area contributed by atoms with Crippen molar-refractivity contribution in [1.29, 1.82) is 0 Å². The molecule has 1 aliphatic rings. The average Bonchev–Trinajstić information content (AvgIpc) is 1.88. The second-order valence-corrected chi connectivity index (χ2v) is 2.89. The number of rotatable bonds is 1. The fraction of sp³-hybridized carbons (Fsp3) is 0.875. The van der Waals surface area contributed by atoms with E-state index in [-0.39, 0.29) is 0 Å². The van der Waals surface area contributed by atoms with E-state index in [1.54, 1.807) is 7.11 Å². The van der Waals surface area contributed by atoms with E-state index in [9.17, 15) is 0 Å². The second-order valence-electron chi connectivity index (χ2n) is 2.89. The minimum atomic E-state index is 0.501. The molecule has 0 bridgehead atoms. The summed E-state index contributed by atoms with van der Waals surface area (Å²) in [6, 6.07) is 0. The summed E-state index contributed by atoms with van der Waals surface area (Å²) < 4.78 is 5.22. The van der Waals surface area contributed by atoms with Crippen molar-refractivity contribution in [2.45, 2.75) is 31.8 Å². The molecule has 0 N–H and O–H groups in total. The molecule has 1 saturated carbocycles. The van der Waals surface area contributed by atoms with Crippen molar-refractivity contribution in [3.05, 3.63) is 6.92 Å². The molecule has 0 unspecified atom stereocenters. The molecule has 0 heterocycles. The quantitative estimate of drug-likeness (QED) is 0.523. The van der Waals surface area contributed by atoms with Gasteiger partial charge in [-0.1, -0.05) is 19.8 Å². The summed E-state index contributed by atoms with van der Waals surface area (Å²) in [7, 11) is 1.79. The van der Waals surface area contributed by atoms with Gasteiger partial charge in [0.2, 0.25) is 0 Å². The van der Waals surface area contributed by atoms with E-state index in [0.29, 0.717) is 12.0 Å². The van der Waals surface area contributed by atoms with Gasteiger partial charge in [-0.05, 0) is 18.8 Å². The summed E-state index contributed by atoms with van der Waals surface area (Å²) in [4.78, 5) is 0. The number of hydrogen-bond donors (Lipinski definition) is 0. The lowest BCUT2D eigenvalue weighted by atomic mass is 9.89. The molecule has 1 fully saturated rings. The summed E-state index contributed by atoms with van der Waals surface area (Å²) in [6.07, 6.45) is 5.49. The lowest BCUT2D eigenvalue weighted by molar-refractivity contribution is 0.0585. The van der Waals surface area contributed by atoms with Crippen LogP contribution in [0, 0.1) is 12.8 Å². The SMILES string of the molecule is [CH2][C@@H]1CCC[C@@H](OC)C1. The van der Waals surface area contributed by atoms with Gasteiger partial charge in [-0.15, -0.1) is 0 Å². The third-order valence-electron chi connectivity index (χ3n) is 2.07. The van der Waals surface area contributed by atoms with Crippen LogP contribution in [0.5, 0.6) is 0 Å². The zero-order valence-corrected chi connectivity index (χ0v) is 6.10. The van der Waals surface area contributed by atoms with E-state index in [0.717, 1.165) is 6.42 Å². The smallest absolute Gasteiger partial charge is 0.0574 e. The van der Waals surface area contributed by atoms with Crippen LogP contribution in [0.1, 0.15) is 25.7 Å². The normalized spacial score (nSPS) is 36.7. The minimum Gasteiger partial charge on any atom is -0.381 e. The summed E-state index contributed by atoms with van der Waals surface area (Å²) in [5.74, 6) is 0.642. The molecule has 0 amide bonds. The molecule has 0 aromatic heterocycles. The molecule has 2 atom stereocenters. The summed E-state index contributed by atoms with van der Waals surface area (Å²) in [6.45, 7) is 4.02. The van der Waals surface area contributed by atoms with Crippen molar-refractivity contribution < 1.29 is 4.74 Å². The standard InChI is InChI=1S/C8H15O/c1-7-4-3-5-8(6-7)9-2/h7-8H,1,3-6H2,2H3/t7-,8-/m1/s1. The van der Waals surface area contributed by atoms with Crippen LogP contribution in [0.15, 0.2) is 0 Å². The van der Waals surface area contributed by atoms with Crippen LogP contribution in [-0.4, -0.2) is 13.2 Å². The Hall–Kier alpha value is -0.0400. The molecule has 53 valence electrons. The van der Waals surface area contributed by atoms with Gasteiger partial charge >= 0.3 is 0 Å². The maximum atomic E-state index is 5.22. The molecule has 1 radical (unpaired) electrons. The Morgan fingerprint density at radius 3 is 2.67 bits per heavy atom. The van der Waals surface area contributed by atoms with Crippen molar-refractivity contribution in [3.63, 3.8) is 0 Å². The van der Waals surface area contributed by atoms with Crippen LogP contribution < -0.4 is 0 Å². The van der Waals surface area contributed by atoms with Crippen LogP contribution in [-0.2, 0) is 4.74 Å². The van der Waals surface area contributed by atoms with Crippen molar-refractivity contribution in [2.75, 3.05) is 7.11 Å². The largest absolute Gasteiger partial charge is 0.381 e. The Morgan fingerprint density at radius 1 is 1.44 bits per heavy atom. The van der Waals surface area contributed by atoms with E-state index < -0.39 is 0 Å². The monoisotopic (exact) mass is 127 g/mol. The number of hydrogen-bond acceptors (Lipinski definition) is 1. The Bertz CT molecular complexity index is 80.6. The van der Waals surface area contributed by atoms with Crippen LogP contribution in [0.4, 0.5) is 0 Å². The highest BCUT2D eigenvalue weighted by Gasteiger charge is 2.17. The predicted molar refractivity (Wildman–Crippen MR) is 38.1 cm³/mol. The maximum absolute atomic E-state index is 5.22. The highest BCUT2D eigenvalue weighted by atomic mass is 16.5. The fourth-order valence-corrected chi connectivity index (χ4v) is 1.46. The zero-order valence-electron chi connectivity index (χ0n) is 6.10. The van der Waals surface area contributed by atoms with E-state index >= 15 is 0 Å². The van der Waals surface area contributed by atoms with Crippen LogP contribution in [0.25, 0.3) is 0 Å². The zero-order chi connectivity index (χ0) is 6.69. The Labute approximate surface area is 57.4 Å². The molecule has 1 heteroatoms. The third-order valence-corrected chi connectivity index (χ3v) is 2.07. The Kier molecular flexibility index (Phi) is 2.52. The molecule has 1 nitrogen and oxygen atoms in total. The van der Waals surface area contributed by atoms with Crippen molar-refractivity contribution in [1.82, 2.24) is 0 Å². The van der Waals surface area contributed by atoms with Crippen LogP contribution in [0.2, 0.25) is 0 Å². The van der Waals surface area contributed by atoms with Crippen LogP contribution in [0.3, 0.4) is 0 Å². The molecule has 1 rings (SSSR count). The first kappa shape index (κ1) is 7.07. The molecule has 0 aliphatic heterocycles. The van der Waals surface area contributed by atoms with Crippen molar-refractivity contribution in [2.24, 2.45) is 5.92 Å². The van der Waals surface area contributed by atoms with E-state index in [4.69, 9.17) is 4.74 Å². The topological polar surface area (TPSA) is 9.23 Å². The Morgan fingerprint density at radius 2 is 2.22 bits per heavy atom. The molecule has 0 spiro atoms. The summed E-state index contributed by atoms with van der Waals surface area (Å²) in [5, 5.41) is 0. The lowest BCUT2D eigenvalue weighted by Gasteiger charge is -2.24. The average molecular weight is 127 g/mol. The van der Waals surface area contributed by atoms with Gasteiger partial charge < -0.3 is 4.74 Å². The van der Waals surface area contributed by atoms with Gasteiger partial charge in [-0.3, -0.25) is 0 Å². The van der Waals surface area contributed by atoms with Crippen LogP contribution >= 0.6 is 0 Å². The Balaban J connectivity index is 2.23. The first-order valence-corrected chi connectivity index (χ1v) is 3.69. The van der Waals surface area contributed by atoms with E-state index in [2.05, 4.69) is 6.92 Å². The van der Waals surface area contributed by atoms with Gasteiger partial charge in [-0.25, -0.2) is 0 Å². The van der Waals surface area contributed by atoms with Gasteiger partial charge in [0.1, 0.15) is 0 Å². The lowest BCUT2D eigenvalue weighted by Crippen LogP contribution is -2.19. The van der Waals surface area contributed by atoms with Crippen molar-refractivity contribution in [3.8, 4) is 0 Å². The highest BCUT2D eigenvalue weighted by Crippen LogP contribution is 2.24. The molecule has 0 aromatic rings. The summed E-state index contributed by atoms with van der Waals surface area (Å²) in [5.41, 5.74) is 0. The second kappa shape index (κ2) is 3.21. The fourth-order valence-electron chi connectivity index (χ4n) is 1.46. The minimum absolute atomic E-state index is 0.501. The van der Waals surface area contributed by atoms with E-state index in [1.807, 2.05) is 0 Å². The third kappa shape index (κ3) is 1.98. The number of methoxy groups -OCH3 is 1. The molecule has 1 aliphatic carbocycles. The predicted octanol–water partition coefficient (Wildman–Crippen LogP) is 2.03. The van der Waals surface area contributed by atoms with Crippen molar-refractivity contribution >= 4 is 0 Å². The van der Waals surface area contributed by atoms with Gasteiger partial charge in [0.15, 0.2) is 0 Å². The first-order chi connectivity index (χ1) is 4.33. The summed E-state index contributed by atoms with van der Waals surface area (Å²) >= 11 is 0. The maximum Gasteiger partial charge on any atom is 0.0574 e.